The SMILES string of the molecule is Cn1nccc1NCCN. The normalized spacial score (nSPS) is 9.80. The summed E-state index contributed by atoms with van der Waals surface area (Å²) in [7, 11) is 1.89. The Kier molecular flexibility index (Phi) is 2.28. The molecule has 1 aromatic heterocycles. The Bertz CT molecular complexity index is 193. The van der Waals surface area contributed by atoms with Crippen LogP contribution in [-0.4, -0.2) is 22.9 Å². The molecule has 3 N–H and O–H groups in total. The first-order valence-electron chi connectivity index (χ1n) is 3.26. The van der Waals surface area contributed by atoms with E-state index in [9.17, 15) is 0 Å². The number of aromatic nitrogens is 2. The van der Waals surface area contributed by atoms with E-state index in [1.165, 1.54) is 0 Å². The van der Waals surface area contributed by atoms with Crippen molar-refractivity contribution >= 4 is 5.82 Å². The molecule has 0 radical (unpaired) electrons. The Morgan fingerprint density at radius 2 is 2.60 bits per heavy atom. The molecular weight excluding hydrogens is 128 g/mol. The van der Waals surface area contributed by atoms with Crippen molar-refractivity contribution in [1.82, 2.24) is 9.78 Å². The van der Waals surface area contributed by atoms with Crippen LogP contribution in [0.25, 0.3) is 0 Å². The molecule has 0 saturated carbocycles. The van der Waals surface area contributed by atoms with Gasteiger partial charge in [0.25, 0.3) is 0 Å². The van der Waals surface area contributed by atoms with Crippen LogP contribution in [0.15, 0.2) is 12.3 Å². The largest absolute Gasteiger partial charge is 0.369 e. The molecule has 0 atom stereocenters. The lowest BCUT2D eigenvalue weighted by Gasteiger charge is -2.02. The first-order chi connectivity index (χ1) is 4.84. The first kappa shape index (κ1) is 7.08. The van der Waals surface area contributed by atoms with Gasteiger partial charge in [-0.1, -0.05) is 0 Å². The lowest BCUT2D eigenvalue weighted by molar-refractivity contribution is 0.768. The maximum Gasteiger partial charge on any atom is 0.123 e. The summed E-state index contributed by atoms with van der Waals surface area (Å²) >= 11 is 0. The van der Waals surface area contributed by atoms with Crippen LogP contribution in [-0.2, 0) is 7.05 Å². The highest BCUT2D eigenvalue weighted by Crippen LogP contribution is 2.00. The summed E-state index contributed by atoms with van der Waals surface area (Å²) in [6, 6.07) is 1.91. The predicted octanol–water partition coefficient (Wildman–Crippen LogP) is -0.209. The van der Waals surface area contributed by atoms with Gasteiger partial charge in [0.15, 0.2) is 0 Å². The molecule has 0 aliphatic heterocycles. The summed E-state index contributed by atoms with van der Waals surface area (Å²) < 4.78 is 1.77. The van der Waals surface area contributed by atoms with E-state index in [2.05, 4.69) is 10.4 Å². The summed E-state index contributed by atoms with van der Waals surface area (Å²) in [5, 5.41) is 7.10. The quantitative estimate of drug-likeness (QED) is 0.611. The zero-order chi connectivity index (χ0) is 7.40. The van der Waals surface area contributed by atoms with Crippen molar-refractivity contribution in [2.75, 3.05) is 18.4 Å². The van der Waals surface area contributed by atoms with Crippen LogP contribution >= 0.6 is 0 Å². The van der Waals surface area contributed by atoms with Gasteiger partial charge in [-0.15, -0.1) is 0 Å². The van der Waals surface area contributed by atoms with Crippen molar-refractivity contribution in [3.63, 3.8) is 0 Å². The minimum absolute atomic E-state index is 0.644. The number of nitrogens with two attached hydrogens (primary N) is 1. The number of nitrogens with one attached hydrogen (secondary N) is 1. The molecule has 0 aliphatic rings. The minimum atomic E-state index is 0.644. The smallest absolute Gasteiger partial charge is 0.123 e. The molecule has 4 heteroatoms. The van der Waals surface area contributed by atoms with Crippen molar-refractivity contribution in [3.8, 4) is 0 Å². The number of rotatable bonds is 3. The van der Waals surface area contributed by atoms with Gasteiger partial charge in [0.05, 0.1) is 6.20 Å². The van der Waals surface area contributed by atoms with Crippen LogP contribution < -0.4 is 11.1 Å². The van der Waals surface area contributed by atoms with E-state index in [1.54, 1.807) is 10.9 Å². The number of aryl methyl sites for hydroxylation is 1. The summed E-state index contributed by atoms with van der Waals surface area (Å²) in [6.07, 6.45) is 1.75. The molecule has 0 saturated heterocycles. The van der Waals surface area contributed by atoms with Crippen molar-refractivity contribution in [1.29, 1.82) is 0 Å². The molecule has 0 fully saturated rings. The molecule has 0 bridgehead atoms. The average molecular weight is 140 g/mol. The Morgan fingerprint density at radius 3 is 3.10 bits per heavy atom. The molecular formula is C6H12N4. The molecule has 0 spiro atoms. The number of nitrogens with zero attached hydrogens (tertiary/aromatic N) is 2. The van der Waals surface area contributed by atoms with E-state index in [4.69, 9.17) is 5.73 Å². The molecule has 56 valence electrons. The van der Waals surface area contributed by atoms with Gasteiger partial charge < -0.3 is 11.1 Å². The fourth-order valence-electron chi connectivity index (χ4n) is 0.748. The first-order valence-corrected chi connectivity index (χ1v) is 3.26. The zero-order valence-corrected chi connectivity index (χ0v) is 6.04. The van der Waals surface area contributed by atoms with E-state index in [0.29, 0.717) is 6.54 Å². The van der Waals surface area contributed by atoms with E-state index in [1.807, 2.05) is 13.1 Å². The second-order valence-corrected chi connectivity index (χ2v) is 2.06. The van der Waals surface area contributed by atoms with Gasteiger partial charge in [0.1, 0.15) is 5.82 Å². The Balaban J connectivity index is 2.49. The molecule has 0 amide bonds. The Labute approximate surface area is 60.0 Å². The highest BCUT2D eigenvalue weighted by molar-refractivity contribution is 5.33. The number of hydrogen-bond donors (Lipinski definition) is 2. The maximum absolute atomic E-state index is 5.30. The molecule has 0 aliphatic carbocycles. The second kappa shape index (κ2) is 3.22. The summed E-state index contributed by atoms with van der Waals surface area (Å²) in [5.41, 5.74) is 5.30. The van der Waals surface area contributed by atoms with Crippen molar-refractivity contribution < 1.29 is 0 Å². The number of hydrogen-bond acceptors (Lipinski definition) is 3. The van der Waals surface area contributed by atoms with E-state index < -0.39 is 0 Å². The topological polar surface area (TPSA) is 55.9 Å². The molecule has 1 aromatic rings. The molecule has 1 rings (SSSR count). The summed E-state index contributed by atoms with van der Waals surface area (Å²) in [5.74, 6) is 1.01. The average Bonchev–Trinajstić information content (AvgIpc) is 2.31. The maximum atomic E-state index is 5.30. The van der Waals surface area contributed by atoms with Gasteiger partial charge in [0, 0.05) is 26.2 Å². The molecule has 0 aromatic carbocycles. The highest BCUT2D eigenvalue weighted by Gasteiger charge is 1.93. The van der Waals surface area contributed by atoms with E-state index in [-0.39, 0.29) is 0 Å². The van der Waals surface area contributed by atoms with Gasteiger partial charge in [-0.3, -0.25) is 4.68 Å². The van der Waals surface area contributed by atoms with E-state index in [0.717, 1.165) is 12.4 Å². The van der Waals surface area contributed by atoms with Crippen LogP contribution in [0.4, 0.5) is 5.82 Å². The van der Waals surface area contributed by atoms with Crippen LogP contribution in [0.5, 0.6) is 0 Å². The third-order valence-corrected chi connectivity index (χ3v) is 1.27. The summed E-state index contributed by atoms with van der Waals surface area (Å²) in [6.45, 7) is 1.44. The second-order valence-electron chi connectivity index (χ2n) is 2.06. The highest BCUT2D eigenvalue weighted by atomic mass is 15.3. The van der Waals surface area contributed by atoms with Gasteiger partial charge in [0.2, 0.25) is 0 Å². The standard InChI is InChI=1S/C6H12N4/c1-10-6(2-4-9-10)8-5-3-7/h2,4,8H,3,5,7H2,1H3. The van der Waals surface area contributed by atoms with Gasteiger partial charge >= 0.3 is 0 Å². The molecule has 0 unspecified atom stereocenters. The summed E-state index contributed by atoms with van der Waals surface area (Å²) in [4.78, 5) is 0. The van der Waals surface area contributed by atoms with Crippen LogP contribution in [0.3, 0.4) is 0 Å². The van der Waals surface area contributed by atoms with Gasteiger partial charge in [-0.2, -0.15) is 5.10 Å². The lowest BCUT2D eigenvalue weighted by Crippen LogP contribution is -2.14. The fourth-order valence-corrected chi connectivity index (χ4v) is 0.748. The Morgan fingerprint density at radius 1 is 1.80 bits per heavy atom. The van der Waals surface area contributed by atoms with E-state index >= 15 is 0 Å². The fraction of sp³-hybridized carbons (Fsp3) is 0.500. The van der Waals surface area contributed by atoms with Crippen molar-refractivity contribution in [2.45, 2.75) is 0 Å². The van der Waals surface area contributed by atoms with Gasteiger partial charge in [-0.25, -0.2) is 0 Å². The predicted molar refractivity (Wildman–Crippen MR) is 40.8 cm³/mol. The van der Waals surface area contributed by atoms with Crippen LogP contribution in [0, 0.1) is 0 Å². The van der Waals surface area contributed by atoms with Crippen molar-refractivity contribution in [2.24, 2.45) is 12.8 Å². The monoisotopic (exact) mass is 140 g/mol. The molecule has 10 heavy (non-hydrogen) atoms. The molecule has 4 nitrogen and oxygen atoms in total. The van der Waals surface area contributed by atoms with Crippen molar-refractivity contribution in [3.05, 3.63) is 12.3 Å². The van der Waals surface area contributed by atoms with Crippen LogP contribution in [0.1, 0.15) is 0 Å². The molecule has 1 heterocycles. The third kappa shape index (κ3) is 1.48. The Hall–Kier alpha value is -1.03. The minimum Gasteiger partial charge on any atom is -0.369 e. The number of anilines is 1. The zero-order valence-electron chi connectivity index (χ0n) is 6.04. The third-order valence-electron chi connectivity index (χ3n) is 1.27. The van der Waals surface area contributed by atoms with Gasteiger partial charge in [-0.05, 0) is 0 Å². The lowest BCUT2D eigenvalue weighted by atomic mass is 10.6. The van der Waals surface area contributed by atoms with Crippen LogP contribution in [0.2, 0.25) is 0 Å².